The van der Waals surface area contributed by atoms with Crippen molar-refractivity contribution in [1.29, 1.82) is 0 Å². The van der Waals surface area contributed by atoms with E-state index in [4.69, 9.17) is 4.74 Å². The molecule has 1 aliphatic rings. The van der Waals surface area contributed by atoms with Gasteiger partial charge in [0.05, 0.1) is 18.5 Å². The third-order valence-corrected chi connectivity index (χ3v) is 4.50. The van der Waals surface area contributed by atoms with Gasteiger partial charge >= 0.3 is 6.03 Å². The Morgan fingerprint density at radius 2 is 1.86 bits per heavy atom. The summed E-state index contributed by atoms with van der Waals surface area (Å²) in [5, 5.41) is 5.68. The molecule has 1 saturated heterocycles. The van der Waals surface area contributed by atoms with Crippen LogP contribution in [0.1, 0.15) is 26.2 Å². The number of urea groups is 1. The molecule has 2 aromatic rings. The highest BCUT2D eigenvalue weighted by atomic mass is 16.5. The summed E-state index contributed by atoms with van der Waals surface area (Å²) in [6, 6.07) is 6.96. The highest BCUT2D eigenvalue weighted by molar-refractivity contribution is 6.02. The lowest BCUT2D eigenvalue weighted by atomic mass is 10.1. The van der Waals surface area contributed by atoms with Crippen LogP contribution in [-0.2, 0) is 0 Å². The summed E-state index contributed by atoms with van der Waals surface area (Å²) in [6.07, 6.45) is 5.23. The fourth-order valence-electron chi connectivity index (χ4n) is 3.17. The number of nitrogens with one attached hydrogen (secondary N) is 2. The molecule has 2 amide bonds. The van der Waals surface area contributed by atoms with Crippen LogP contribution >= 0.6 is 0 Å². The summed E-state index contributed by atoms with van der Waals surface area (Å²) in [7, 11) is 3.80. The van der Waals surface area contributed by atoms with Gasteiger partial charge in [-0.25, -0.2) is 9.78 Å². The molecule has 8 nitrogen and oxygen atoms in total. The van der Waals surface area contributed by atoms with E-state index in [1.54, 1.807) is 12.3 Å². The van der Waals surface area contributed by atoms with Gasteiger partial charge in [-0.15, -0.1) is 0 Å². The van der Waals surface area contributed by atoms with Gasteiger partial charge in [-0.3, -0.25) is 0 Å². The molecule has 0 aliphatic carbocycles. The van der Waals surface area contributed by atoms with Gasteiger partial charge in [-0.2, -0.15) is 4.98 Å². The Morgan fingerprint density at radius 3 is 2.57 bits per heavy atom. The third-order valence-electron chi connectivity index (χ3n) is 4.50. The van der Waals surface area contributed by atoms with E-state index >= 15 is 0 Å². The summed E-state index contributed by atoms with van der Waals surface area (Å²) >= 11 is 0. The quantitative estimate of drug-likeness (QED) is 0.792. The molecule has 0 saturated carbocycles. The molecule has 0 radical (unpaired) electrons. The lowest BCUT2D eigenvalue weighted by Gasteiger charge is -2.28. The standard InChI is InChI=1S/C20H28N6O2/c1-4-28-17-11-7-6-10-15(17)22-20(27)23-16-14-21-19(24-18(16)25(2)3)26-12-8-5-9-13-26/h6-7,10-11,14H,4-5,8-9,12-13H2,1-3H3,(H2,22,23,27). The molecule has 1 aromatic heterocycles. The van der Waals surface area contributed by atoms with Crippen molar-refractivity contribution in [2.75, 3.05) is 54.2 Å². The first-order chi connectivity index (χ1) is 13.6. The van der Waals surface area contributed by atoms with E-state index < -0.39 is 0 Å². The Bertz CT molecular complexity index is 805. The van der Waals surface area contributed by atoms with Gasteiger partial charge in [0.1, 0.15) is 11.4 Å². The Labute approximate surface area is 165 Å². The fraction of sp³-hybridized carbons (Fsp3) is 0.450. The number of benzene rings is 1. The van der Waals surface area contributed by atoms with Gasteiger partial charge in [0.2, 0.25) is 5.95 Å². The Hall–Kier alpha value is -3.03. The van der Waals surface area contributed by atoms with Crippen LogP contribution in [-0.4, -0.2) is 49.8 Å². The minimum absolute atomic E-state index is 0.371. The molecule has 150 valence electrons. The molecular weight excluding hydrogens is 356 g/mol. The number of ether oxygens (including phenoxy) is 1. The van der Waals surface area contributed by atoms with Crippen molar-refractivity contribution in [3.8, 4) is 5.75 Å². The molecule has 1 fully saturated rings. The van der Waals surface area contributed by atoms with Crippen LogP contribution < -0.4 is 25.2 Å². The first-order valence-corrected chi connectivity index (χ1v) is 9.67. The first-order valence-electron chi connectivity index (χ1n) is 9.67. The number of hydrogen-bond donors (Lipinski definition) is 2. The average Bonchev–Trinajstić information content (AvgIpc) is 2.70. The number of para-hydroxylation sites is 2. The second kappa shape index (κ2) is 9.25. The summed E-state index contributed by atoms with van der Waals surface area (Å²) in [5.74, 6) is 2.00. The number of amides is 2. The number of nitrogens with zero attached hydrogens (tertiary/aromatic N) is 4. The zero-order valence-corrected chi connectivity index (χ0v) is 16.7. The van der Waals surface area contributed by atoms with Crippen molar-refractivity contribution in [2.24, 2.45) is 0 Å². The van der Waals surface area contributed by atoms with E-state index in [1.807, 2.05) is 44.1 Å². The first kappa shape index (κ1) is 19.7. The lowest BCUT2D eigenvalue weighted by Crippen LogP contribution is -2.31. The summed E-state index contributed by atoms with van der Waals surface area (Å²) in [4.78, 5) is 25.8. The van der Waals surface area contributed by atoms with Gasteiger partial charge in [-0.1, -0.05) is 12.1 Å². The second-order valence-electron chi connectivity index (χ2n) is 6.86. The zero-order chi connectivity index (χ0) is 19.9. The number of piperidine rings is 1. The number of hydrogen-bond acceptors (Lipinski definition) is 6. The van der Waals surface area contributed by atoms with E-state index in [0.29, 0.717) is 35.5 Å². The smallest absolute Gasteiger partial charge is 0.323 e. The van der Waals surface area contributed by atoms with Gasteiger partial charge in [0.25, 0.3) is 0 Å². The molecule has 28 heavy (non-hydrogen) atoms. The van der Waals surface area contributed by atoms with E-state index in [0.717, 1.165) is 25.9 Å². The molecule has 0 unspecified atom stereocenters. The van der Waals surface area contributed by atoms with E-state index in [9.17, 15) is 4.79 Å². The third kappa shape index (κ3) is 4.82. The molecule has 2 N–H and O–H groups in total. The molecule has 0 spiro atoms. The maximum Gasteiger partial charge on any atom is 0.323 e. The molecule has 8 heteroatoms. The van der Waals surface area contributed by atoms with Crippen molar-refractivity contribution in [2.45, 2.75) is 26.2 Å². The normalized spacial score (nSPS) is 13.8. The Morgan fingerprint density at radius 1 is 1.14 bits per heavy atom. The summed E-state index contributed by atoms with van der Waals surface area (Å²) in [5.41, 5.74) is 1.16. The predicted molar refractivity (Wildman–Crippen MR) is 113 cm³/mol. The highest BCUT2D eigenvalue weighted by Crippen LogP contribution is 2.27. The molecule has 2 heterocycles. The predicted octanol–water partition coefficient (Wildman–Crippen LogP) is 3.58. The minimum atomic E-state index is -0.371. The Kier molecular flexibility index (Phi) is 6.52. The number of rotatable bonds is 6. The van der Waals surface area contributed by atoms with Crippen LogP contribution in [0.4, 0.5) is 27.9 Å². The maximum atomic E-state index is 12.5. The highest BCUT2D eigenvalue weighted by Gasteiger charge is 2.18. The van der Waals surface area contributed by atoms with Gasteiger partial charge in [0.15, 0.2) is 5.82 Å². The van der Waals surface area contributed by atoms with Gasteiger partial charge in [-0.05, 0) is 38.3 Å². The van der Waals surface area contributed by atoms with Crippen molar-refractivity contribution in [3.05, 3.63) is 30.5 Å². The summed E-state index contributed by atoms with van der Waals surface area (Å²) in [6.45, 7) is 4.36. The minimum Gasteiger partial charge on any atom is -0.492 e. The molecule has 1 aliphatic heterocycles. The number of carbonyl (C=O) groups is 1. The molecular formula is C20H28N6O2. The van der Waals surface area contributed by atoms with Gasteiger partial charge in [0, 0.05) is 27.2 Å². The van der Waals surface area contributed by atoms with Crippen molar-refractivity contribution >= 4 is 29.2 Å². The van der Waals surface area contributed by atoms with Crippen LogP contribution in [0.5, 0.6) is 5.75 Å². The zero-order valence-electron chi connectivity index (χ0n) is 16.7. The summed E-state index contributed by atoms with van der Waals surface area (Å²) < 4.78 is 5.55. The number of aromatic nitrogens is 2. The van der Waals surface area contributed by atoms with Crippen molar-refractivity contribution in [3.63, 3.8) is 0 Å². The number of carbonyl (C=O) groups excluding carboxylic acids is 1. The average molecular weight is 384 g/mol. The van der Waals surface area contributed by atoms with Crippen LogP contribution in [0.15, 0.2) is 30.5 Å². The van der Waals surface area contributed by atoms with E-state index in [1.165, 1.54) is 6.42 Å². The van der Waals surface area contributed by atoms with Crippen molar-refractivity contribution in [1.82, 2.24) is 9.97 Å². The largest absolute Gasteiger partial charge is 0.492 e. The van der Waals surface area contributed by atoms with Crippen LogP contribution in [0, 0.1) is 0 Å². The van der Waals surface area contributed by atoms with E-state index in [2.05, 4.69) is 25.5 Å². The maximum absolute atomic E-state index is 12.5. The SMILES string of the molecule is CCOc1ccccc1NC(=O)Nc1cnc(N2CCCCC2)nc1N(C)C. The van der Waals surface area contributed by atoms with Gasteiger partial charge < -0.3 is 25.2 Å². The topological polar surface area (TPSA) is 82.6 Å². The van der Waals surface area contributed by atoms with Crippen LogP contribution in [0.3, 0.4) is 0 Å². The lowest BCUT2D eigenvalue weighted by molar-refractivity contribution is 0.262. The molecule has 3 rings (SSSR count). The Balaban J connectivity index is 1.75. The molecule has 0 bridgehead atoms. The van der Waals surface area contributed by atoms with Crippen molar-refractivity contribution < 1.29 is 9.53 Å². The number of anilines is 4. The molecule has 0 atom stereocenters. The molecule has 1 aromatic carbocycles. The monoisotopic (exact) mass is 384 g/mol. The second-order valence-corrected chi connectivity index (χ2v) is 6.86. The van der Waals surface area contributed by atoms with Crippen LogP contribution in [0.2, 0.25) is 0 Å². The van der Waals surface area contributed by atoms with Crippen LogP contribution in [0.25, 0.3) is 0 Å². The fourth-order valence-corrected chi connectivity index (χ4v) is 3.17. The van der Waals surface area contributed by atoms with E-state index in [-0.39, 0.29) is 6.03 Å².